The zero-order valence-corrected chi connectivity index (χ0v) is 11.6. The quantitative estimate of drug-likeness (QED) is 0.646. The van der Waals surface area contributed by atoms with Crippen molar-refractivity contribution in [3.8, 4) is 0 Å². The second-order valence-electron chi connectivity index (χ2n) is 6.41. The molecule has 0 unspecified atom stereocenters. The van der Waals surface area contributed by atoms with Crippen LogP contribution in [0.1, 0.15) is 20.8 Å². The van der Waals surface area contributed by atoms with Gasteiger partial charge >= 0.3 is 6.09 Å². The van der Waals surface area contributed by atoms with Gasteiger partial charge in [-0.25, -0.2) is 4.79 Å². The fourth-order valence-electron chi connectivity index (χ4n) is 2.76. The van der Waals surface area contributed by atoms with Gasteiger partial charge in [-0.3, -0.25) is 4.79 Å². The first-order valence-electron chi connectivity index (χ1n) is 6.45. The topological polar surface area (TPSA) is 49.9 Å². The van der Waals surface area contributed by atoms with Gasteiger partial charge in [-0.1, -0.05) is 0 Å². The molecule has 2 atom stereocenters. The molecule has 0 aromatic rings. The van der Waals surface area contributed by atoms with E-state index in [1.54, 1.807) is 4.90 Å². The molecule has 1 amide bonds. The summed E-state index contributed by atoms with van der Waals surface area (Å²) in [5.41, 5.74) is -0.510. The minimum atomic E-state index is -0.510. The Hall–Kier alpha value is -1.10. The molecule has 2 rings (SSSR count). The van der Waals surface area contributed by atoms with Gasteiger partial charge < -0.3 is 14.5 Å². The molecule has 102 valence electrons. The molecule has 0 aromatic heterocycles. The van der Waals surface area contributed by atoms with E-state index < -0.39 is 5.60 Å². The molecule has 2 fully saturated rings. The Morgan fingerprint density at radius 2 is 1.94 bits per heavy atom. The molecule has 0 N–H and O–H groups in total. The molecule has 18 heavy (non-hydrogen) atoms. The zero-order valence-electron chi connectivity index (χ0n) is 11.6. The Morgan fingerprint density at radius 3 is 2.56 bits per heavy atom. The van der Waals surface area contributed by atoms with Crippen LogP contribution in [-0.2, 0) is 9.53 Å². The number of Topliss-reactive ketones (excluding diaryl/α,β-unsaturated/α-hetero) is 1. The number of hydrogen-bond acceptors (Lipinski definition) is 4. The van der Waals surface area contributed by atoms with Crippen LogP contribution in [0.4, 0.5) is 4.79 Å². The Kier molecular flexibility index (Phi) is 3.36. The third kappa shape index (κ3) is 2.83. The highest BCUT2D eigenvalue weighted by atomic mass is 16.6. The summed E-state index contributed by atoms with van der Waals surface area (Å²) in [4.78, 5) is 27.7. The van der Waals surface area contributed by atoms with Gasteiger partial charge in [0, 0.05) is 31.5 Å². The summed E-state index contributed by atoms with van der Waals surface area (Å²) in [5, 5.41) is 0. The minimum absolute atomic E-state index is 0.105. The maximum Gasteiger partial charge on any atom is 0.410 e. The second kappa shape index (κ2) is 4.53. The van der Waals surface area contributed by atoms with Crippen LogP contribution in [0.2, 0.25) is 0 Å². The van der Waals surface area contributed by atoms with E-state index in [9.17, 15) is 9.59 Å². The lowest BCUT2D eigenvalue weighted by Gasteiger charge is -2.34. The first-order chi connectivity index (χ1) is 8.26. The van der Waals surface area contributed by atoms with E-state index in [-0.39, 0.29) is 30.3 Å². The summed E-state index contributed by atoms with van der Waals surface area (Å²) in [7, 11) is 2.02. The predicted molar refractivity (Wildman–Crippen MR) is 67.3 cm³/mol. The van der Waals surface area contributed by atoms with Crippen molar-refractivity contribution >= 4 is 11.9 Å². The normalized spacial score (nSPS) is 29.3. The lowest BCUT2D eigenvalue weighted by molar-refractivity contribution is -0.127. The van der Waals surface area contributed by atoms with Crippen LogP contribution in [0, 0.1) is 11.8 Å². The molecule has 0 radical (unpaired) electrons. The Labute approximate surface area is 108 Å². The maximum absolute atomic E-state index is 12.0. The van der Waals surface area contributed by atoms with Crippen LogP contribution in [0.3, 0.4) is 0 Å². The molecule has 2 aliphatic rings. The maximum atomic E-state index is 12.0. The Morgan fingerprint density at radius 1 is 1.28 bits per heavy atom. The van der Waals surface area contributed by atoms with E-state index in [1.165, 1.54) is 0 Å². The van der Waals surface area contributed by atoms with E-state index in [1.807, 2.05) is 27.8 Å². The van der Waals surface area contributed by atoms with Crippen molar-refractivity contribution in [2.75, 3.05) is 33.2 Å². The van der Waals surface area contributed by atoms with Crippen molar-refractivity contribution in [2.24, 2.45) is 11.8 Å². The molecule has 2 aliphatic heterocycles. The van der Waals surface area contributed by atoms with Crippen molar-refractivity contribution in [3.05, 3.63) is 0 Å². The molecule has 5 heteroatoms. The van der Waals surface area contributed by atoms with Crippen LogP contribution in [0.25, 0.3) is 0 Å². The van der Waals surface area contributed by atoms with Crippen LogP contribution in [0.15, 0.2) is 0 Å². The van der Waals surface area contributed by atoms with Crippen molar-refractivity contribution < 1.29 is 14.3 Å². The van der Waals surface area contributed by atoms with Crippen molar-refractivity contribution in [3.63, 3.8) is 0 Å². The lowest BCUT2D eigenvalue weighted by atomic mass is 9.88. The number of hydrogen-bond donors (Lipinski definition) is 0. The standard InChI is InChI=1S/C13H22N2O3/c1-13(2,3)18-12(17)15-6-9-5-14(4)7-10(9)11(16)8-15/h9-10H,5-8H2,1-4H3/t9-,10-/m1/s1. The average Bonchev–Trinajstić information content (AvgIpc) is 2.56. The second-order valence-corrected chi connectivity index (χ2v) is 6.41. The fourth-order valence-corrected chi connectivity index (χ4v) is 2.76. The molecular weight excluding hydrogens is 232 g/mol. The largest absolute Gasteiger partial charge is 0.444 e. The smallest absolute Gasteiger partial charge is 0.410 e. The number of fused-ring (bicyclic) bond motifs is 1. The van der Waals surface area contributed by atoms with Gasteiger partial charge in [0.15, 0.2) is 5.78 Å². The monoisotopic (exact) mass is 254 g/mol. The lowest BCUT2D eigenvalue weighted by Crippen LogP contribution is -2.50. The molecule has 5 nitrogen and oxygen atoms in total. The first-order valence-corrected chi connectivity index (χ1v) is 6.45. The van der Waals surface area contributed by atoms with Crippen molar-refractivity contribution in [1.29, 1.82) is 0 Å². The number of amides is 1. The van der Waals surface area contributed by atoms with Crippen LogP contribution in [0.5, 0.6) is 0 Å². The van der Waals surface area contributed by atoms with E-state index >= 15 is 0 Å². The number of ketones is 1. The van der Waals surface area contributed by atoms with E-state index in [0.29, 0.717) is 6.54 Å². The number of piperidine rings is 1. The highest BCUT2D eigenvalue weighted by Crippen LogP contribution is 2.28. The summed E-state index contributed by atoms with van der Waals surface area (Å²) in [6.45, 7) is 8.05. The summed E-state index contributed by atoms with van der Waals surface area (Å²) in [5.74, 6) is 0.541. The van der Waals surface area contributed by atoms with Crippen LogP contribution >= 0.6 is 0 Å². The van der Waals surface area contributed by atoms with Crippen LogP contribution in [-0.4, -0.2) is 60.5 Å². The third-order valence-electron chi connectivity index (χ3n) is 3.49. The van der Waals surface area contributed by atoms with E-state index in [0.717, 1.165) is 13.1 Å². The minimum Gasteiger partial charge on any atom is -0.444 e. The van der Waals surface area contributed by atoms with E-state index in [4.69, 9.17) is 4.74 Å². The van der Waals surface area contributed by atoms with Crippen molar-refractivity contribution in [2.45, 2.75) is 26.4 Å². The van der Waals surface area contributed by atoms with Gasteiger partial charge in [0.2, 0.25) is 0 Å². The fraction of sp³-hybridized carbons (Fsp3) is 0.846. The molecule has 2 saturated heterocycles. The summed E-state index contributed by atoms with van der Waals surface area (Å²) in [6.07, 6.45) is -0.371. The number of carbonyl (C=O) groups is 2. The summed E-state index contributed by atoms with van der Waals surface area (Å²) >= 11 is 0. The summed E-state index contributed by atoms with van der Waals surface area (Å²) in [6, 6.07) is 0. The number of rotatable bonds is 0. The molecule has 2 heterocycles. The average molecular weight is 254 g/mol. The third-order valence-corrected chi connectivity index (χ3v) is 3.49. The molecule has 0 aromatic carbocycles. The summed E-state index contributed by atoms with van der Waals surface area (Å²) < 4.78 is 5.32. The van der Waals surface area contributed by atoms with Gasteiger partial charge in [-0.2, -0.15) is 0 Å². The number of carbonyl (C=O) groups excluding carboxylic acids is 2. The van der Waals surface area contributed by atoms with E-state index in [2.05, 4.69) is 4.90 Å². The molecule has 0 bridgehead atoms. The van der Waals surface area contributed by atoms with Gasteiger partial charge in [0.1, 0.15) is 5.60 Å². The highest BCUT2D eigenvalue weighted by Gasteiger charge is 2.43. The zero-order chi connectivity index (χ0) is 13.5. The number of ether oxygens (including phenoxy) is 1. The number of likely N-dealkylation sites (tertiary alicyclic amines) is 2. The molecule has 0 spiro atoms. The Bertz CT molecular complexity index is 362. The van der Waals surface area contributed by atoms with Gasteiger partial charge in [-0.15, -0.1) is 0 Å². The number of nitrogens with zero attached hydrogens (tertiary/aromatic N) is 2. The first kappa shape index (κ1) is 13.3. The molecular formula is C13H22N2O3. The predicted octanol–water partition coefficient (Wildman–Crippen LogP) is 0.984. The highest BCUT2D eigenvalue weighted by molar-refractivity contribution is 5.88. The van der Waals surface area contributed by atoms with Gasteiger partial charge in [-0.05, 0) is 27.8 Å². The Balaban J connectivity index is 2.00. The molecule has 0 saturated carbocycles. The molecule has 0 aliphatic carbocycles. The SMILES string of the molecule is CN1C[C@@H]2CN(C(=O)OC(C)(C)C)CC(=O)[C@@H]2C1. The van der Waals surface area contributed by atoms with Gasteiger partial charge in [0.25, 0.3) is 0 Å². The van der Waals surface area contributed by atoms with Crippen LogP contribution < -0.4 is 0 Å². The van der Waals surface area contributed by atoms with Crippen molar-refractivity contribution in [1.82, 2.24) is 9.80 Å². The van der Waals surface area contributed by atoms with Gasteiger partial charge in [0.05, 0.1) is 6.54 Å².